The maximum absolute atomic E-state index is 13.3. The normalized spacial score (nSPS) is 10.8. The Morgan fingerprint density at radius 2 is 1.94 bits per heavy atom. The van der Waals surface area contributed by atoms with Crippen LogP contribution in [0.4, 0.5) is 10.3 Å². The minimum Gasteiger partial charge on any atom is -0.486 e. The molecule has 158 valence electrons. The van der Waals surface area contributed by atoms with E-state index >= 15 is 0 Å². The first kappa shape index (κ1) is 20.3. The molecule has 0 unspecified atom stereocenters. The van der Waals surface area contributed by atoms with Gasteiger partial charge in [0.25, 0.3) is 5.91 Å². The Hall–Kier alpha value is -3.94. The van der Waals surface area contributed by atoms with Crippen LogP contribution in [-0.4, -0.2) is 20.7 Å². The first-order valence-corrected chi connectivity index (χ1v) is 9.70. The highest BCUT2D eigenvalue weighted by atomic mass is 19.1. The van der Waals surface area contributed by atoms with Gasteiger partial charge in [-0.2, -0.15) is 0 Å². The predicted octanol–water partition coefficient (Wildman–Crippen LogP) is 4.51. The number of rotatable bonds is 7. The van der Waals surface area contributed by atoms with E-state index in [1.54, 1.807) is 24.3 Å². The molecular formula is C23H21FN4O3. The van der Waals surface area contributed by atoms with E-state index in [-0.39, 0.29) is 24.1 Å². The number of carbonyl (C=O) groups excluding carboxylic acids is 1. The Labute approximate surface area is 178 Å². The molecule has 0 aliphatic carbocycles. The van der Waals surface area contributed by atoms with Gasteiger partial charge in [-0.05, 0) is 66.9 Å². The first-order valence-electron chi connectivity index (χ1n) is 9.70. The van der Waals surface area contributed by atoms with E-state index < -0.39 is 5.91 Å². The number of anilines is 1. The Morgan fingerprint density at radius 3 is 2.71 bits per heavy atom. The summed E-state index contributed by atoms with van der Waals surface area (Å²) in [5, 5.41) is 6.77. The average Bonchev–Trinajstić information content (AvgIpc) is 3.35. The standard InChI is InChI=1S/C23H21FN4O3/c1-15-8-16(2)10-20(9-15)30-13-19-6-7-21(31-19)22(29)26-23-25-14-28(27-23)12-17-4-3-5-18(24)11-17/h3-11,14H,12-13H2,1-2H3,(H,26,27,29). The minimum absolute atomic E-state index is 0.125. The SMILES string of the molecule is Cc1cc(C)cc(OCc2ccc(C(=O)Nc3ncn(Cc4cccc(F)c4)n3)o2)c1. The van der Waals surface area contributed by atoms with E-state index in [4.69, 9.17) is 9.15 Å². The molecule has 0 saturated heterocycles. The number of nitrogens with one attached hydrogen (secondary N) is 1. The number of aryl methyl sites for hydroxylation is 2. The minimum atomic E-state index is -0.471. The number of aromatic nitrogens is 3. The zero-order chi connectivity index (χ0) is 21.8. The summed E-state index contributed by atoms with van der Waals surface area (Å²) in [4.78, 5) is 16.5. The number of hydrogen-bond acceptors (Lipinski definition) is 5. The summed E-state index contributed by atoms with van der Waals surface area (Å²) in [5.41, 5.74) is 2.96. The van der Waals surface area contributed by atoms with E-state index in [1.165, 1.54) is 23.1 Å². The van der Waals surface area contributed by atoms with E-state index in [1.807, 2.05) is 26.0 Å². The zero-order valence-corrected chi connectivity index (χ0v) is 17.1. The predicted molar refractivity (Wildman–Crippen MR) is 112 cm³/mol. The fourth-order valence-corrected chi connectivity index (χ4v) is 3.16. The molecule has 7 nitrogen and oxygen atoms in total. The molecular weight excluding hydrogens is 399 g/mol. The lowest BCUT2D eigenvalue weighted by molar-refractivity contribution is 0.0991. The molecule has 8 heteroatoms. The van der Waals surface area contributed by atoms with Gasteiger partial charge in [-0.1, -0.05) is 18.2 Å². The van der Waals surface area contributed by atoms with Gasteiger partial charge in [-0.25, -0.2) is 14.1 Å². The van der Waals surface area contributed by atoms with Crippen molar-refractivity contribution >= 4 is 11.9 Å². The van der Waals surface area contributed by atoms with Crippen LogP contribution in [0.1, 0.15) is 33.0 Å². The third-order valence-corrected chi connectivity index (χ3v) is 4.46. The number of furan rings is 1. The van der Waals surface area contributed by atoms with Crippen molar-refractivity contribution in [3.05, 3.63) is 95.0 Å². The van der Waals surface area contributed by atoms with Crippen molar-refractivity contribution in [2.24, 2.45) is 0 Å². The van der Waals surface area contributed by atoms with Crippen molar-refractivity contribution in [2.75, 3.05) is 5.32 Å². The molecule has 0 bridgehead atoms. The lowest BCUT2D eigenvalue weighted by atomic mass is 10.1. The van der Waals surface area contributed by atoms with Crippen molar-refractivity contribution in [2.45, 2.75) is 27.0 Å². The Balaban J connectivity index is 1.34. The number of nitrogens with zero attached hydrogens (tertiary/aromatic N) is 3. The maximum Gasteiger partial charge on any atom is 0.293 e. The number of ether oxygens (including phenoxy) is 1. The van der Waals surface area contributed by atoms with Crippen LogP contribution in [0, 0.1) is 19.7 Å². The average molecular weight is 420 g/mol. The third-order valence-electron chi connectivity index (χ3n) is 4.46. The Morgan fingerprint density at radius 1 is 1.13 bits per heavy atom. The lowest BCUT2D eigenvalue weighted by Crippen LogP contribution is -2.12. The molecule has 0 spiro atoms. The largest absolute Gasteiger partial charge is 0.486 e. The highest BCUT2D eigenvalue weighted by molar-refractivity contribution is 6.01. The summed E-state index contributed by atoms with van der Waals surface area (Å²) in [7, 11) is 0. The van der Waals surface area contributed by atoms with Crippen molar-refractivity contribution in [1.29, 1.82) is 0 Å². The molecule has 1 N–H and O–H groups in total. The molecule has 1 amide bonds. The second-order valence-electron chi connectivity index (χ2n) is 7.23. The van der Waals surface area contributed by atoms with E-state index in [2.05, 4.69) is 21.5 Å². The number of hydrogen-bond donors (Lipinski definition) is 1. The van der Waals surface area contributed by atoms with Gasteiger partial charge in [0.15, 0.2) is 5.76 Å². The lowest BCUT2D eigenvalue weighted by Gasteiger charge is -2.06. The molecule has 0 radical (unpaired) electrons. The first-order chi connectivity index (χ1) is 14.9. The summed E-state index contributed by atoms with van der Waals surface area (Å²) in [6.07, 6.45) is 1.46. The number of carbonyl (C=O) groups is 1. The van der Waals surface area contributed by atoms with Gasteiger partial charge in [-0.3, -0.25) is 10.1 Å². The molecule has 0 saturated carbocycles. The monoisotopic (exact) mass is 420 g/mol. The van der Waals surface area contributed by atoms with Gasteiger partial charge < -0.3 is 9.15 Å². The fraction of sp³-hybridized carbons (Fsp3) is 0.174. The van der Waals surface area contributed by atoms with Crippen molar-refractivity contribution in [3.8, 4) is 5.75 Å². The molecule has 2 aromatic carbocycles. The second kappa shape index (κ2) is 8.83. The van der Waals surface area contributed by atoms with Gasteiger partial charge >= 0.3 is 0 Å². The highest BCUT2D eigenvalue weighted by Gasteiger charge is 2.14. The van der Waals surface area contributed by atoms with Crippen LogP contribution in [0.15, 0.2) is 65.3 Å². The molecule has 0 fully saturated rings. The molecule has 0 atom stereocenters. The summed E-state index contributed by atoms with van der Waals surface area (Å²) in [5.74, 6) is 0.732. The van der Waals surface area contributed by atoms with Crippen LogP contribution in [0.3, 0.4) is 0 Å². The Bertz CT molecular complexity index is 1190. The van der Waals surface area contributed by atoms with Crippen LogP contribution < -0.4 is 10.1 Å². The van der Waals surface area contributed by atoms with E-state index in [9.17, 15) is 9.18 Å². The summed E-state index contributed by atoms with van der Waals surface area (Å²) >= 11 is 0. The van der Waals surface area contributed by atoms with Crippen LogP contribution in [0.2, 0.25) is 0 Å². The van der Waals surface area contributed by atoms with Crippen molar-refractivity contribution in [3.63, 3.8) is 0 Å². The second-order valence-corrected chi connectivity index (χ2v) is 7.23. The van der Waals surface area contributed by atoms with Crippen molar-refractivity contribution in [1.82, 2.24) is 14.8 Å². The highest BCUT2D eigenvalue weighted by Crippen LogP contribution is 2.19. The number of halogens is 1. The quantitative estimate of drug-likeness (QED) is 0.476. The van der Waals surface area contributed by atoms with Crippen LogP contribution in [0.5, 0.6) is 5.75 Å². The summed E-state index contributed by atoms with van der Waals surface area (Å²) in [6, 6.07) is 15.4. The molecule has 31 heavy (non-hydrogen) atoms. The summed E-state index contributed by atoms with van der Waals surface area (Å²) in [6.45, 7) is 4.54. The third kappa shape index (κ3) is 5.36. The Kier molecular flexibility index (Phi) is 5.79. The molecule has 0 aliphatic heterocycles. The topological polar surface area (TPSA) is 82.2 Å². The zero-order valence-electron chi connectivity index (χ0n) is 17.1. The van der Waals surface area contributed by atoms with E-state index in [0.717, 1.165) is 22.4 Å². The van der Waals surface area contributed by atoms with Gasteiger partial charge in [-0.15, -0.1) is 5.10 Å². The van der Waals surface area contributed by atoms with Crippen LogP contribution >= 0.6 is 0 Å². The summed E-state index contributed by atoms with van der Waals surface area (Å²) < 4.78 is 26.1. The maximum atomic E-state index is 13.3. The van der Waals surface area contributed by atoms with Gasteiger partial charge in [0.05, 0.1) is 6.54 Å². The van der Waals surface area contributed by atoms with Gasteiger partial charge in [0.2, 0.25) is 5.95 Å². The molecule has 4 aromatic rings. The molecule has 2 heterocycles. The molecule has 4 rings (SSSR count). The van der Waals surface area contributed by atoms with Gasteiger partial charge in [0.1, 0.15) is 30.3 Å². The van der Waals surface area contributed by atoms with Crippen LogP contribution in [-0.2, 0) is 13.2 Å². The van der Waals surface area contributed by atoms with Crippen LogP contribution in [0.25, 0.3) is 0 Å². The molecule has 2 aromatic heterocycles. The fourth-order valence-electron chi connectivity index (χ4n) is 3.16. The van der Waals surface area contributed by atoms with E-state index in [0.29, 0.717) is 12.3 Å². The number of amides is 1. The van der Waals surface area contributed by atoms with Crippen molar-refractivity contribution < 1.29 is 18.3 Å². The smallest absolute Gasteiger partial charge is 0.293 e. The van der Waals surface area contributed by atoms with Gasteiger partial charge in [0, 0.05) is 0 Å². The number of benzene rings is 2. The molecule has 0 aliphatic rings.